The average molecular weight is 280 g/mol. The minimum absolute atomic E-state index is 0.176. The van der Waals surface area contributed by atoms with Gasteiger partial charge in [0.1, 0.15) is 5.82 Å². The van der Waals surface area contributed by atoms with Gasteiger partial charge in [0.05, 0.1) is 11.4 Å². The molecule has 0 atom stereocenters. The fraction of sp³-hybridized carbons (Fsp3) is 0.167. The summed E-state index contributed by atoms with van der Waals surface area (Å²) in [5.74, 6) is -0.176. The number of nitrogens with zero attached hydrogens (tertiary/aromatic N) is 2. The van der Waals surface area contributed by atoms with Gasteiger partial charge in [-0.05, 0) is 61.2 Å². The summed E-state index contributed by atoms with van der Waals surface area (Å²) in [6, 6.07) is 13.4. The van der Waals surface area contributed by atoms with Gasteiger partial charge in [0.15, 0.2) is 0 Å². The fourth-order valence-corrected chi connectivity index (χ4v) is 2.36. The predicted octanol–water partition coefficient (Wildman–Crippen LogP) is 4.60. The maximum absolute atomic E-state index is 13.8. The molecule has 0 unspecified atom stereocenters. The standard InChI is InChI=1S/C18H17FN2/c1-12-4-6-15(10-17(12)19)16-7-5-13(2)18(11-16)21-9-8-14(3)20-21/h4-11H,1-3H3. The van der Waals surface area contributed by atoms with E-state index in [2.05, 4.69) is 5.10 Å². The van der Waals surface area contributed by atoms with Crippen molar-refractivity contribution in [3.05, 3.63) is 71.3 Å². The molecular formula is C18H17FN2. The SMILES string of the molecule is Cc1ccn(-c2cc(-c3ccc(C)c(F)c3)ccc2C)n1. The Kier molecular flexibility index (Phi) is 3.34. The van der Waals surface area contributed by atoms with Crippen LogP contribution in [0.25, 0.3) is 16.8 Å². The Morgan fingerprint density at radius 1 is 0.857 bits per heavy atom. The smallest absolute Gasteiger partial charge is 0.126 e. The Morgan fingerprint density at radius 2 is 1.52 bits per heavy atom. The summed E-state index contributed by atoms with van der Waals surface area (Å²) in [5, 5.41) is 4.45. The summed E-state index contributed by atoms with van der Waals surface area (Å²) in [6.07, 6.45) is 1.94. The largest absolute Gasteiger partial charge is 0.240 e. The molecule has 2 aromatic carbocycles. The maximum atomic E-state index is 13.8. The second-order valence-electron chi connectivity index (χ2n) is 5.37. The number of benzene rings is 2. The molecule has 3 rings (SSSR count). The first-order valence-electron chi connectivity index (χ1n) is 6.94. The zero-order valence-electron chi connectivity index (χ0n) is 12.4. The first kappa shape index (κ1) is 13.6. The first-order valence-corrected chi connectivity index (χ1v) is 6.94. The van der Waals surface area contributed by atoms with Crippen LogP contribution in [0.3, 0.4) is 0 Å². The predicted molar refractivity (Wildman–Crippen MR) is 83.2 cm³/mol. The molecule has 0 aliphatic heterocycles. The molecule has 2 nitrogen and oxygen atoms in total. The lowest BCUT2D eigenvalue weighted by molar-refractivity contribution is 0.619. The van der Waals surface area contributed by atoms with Gasteiger partial charge in [-0.1, -0.05) is 24.3 Å². The van der Waals surface area contributed by atoms with Gasteiger partial charge in [-0.3, -0.25) is 0 Å². The minimum Gasteiger partial charge on any atom is -0.240 e. The molecule has 0 amide bonds. The van der Waals surface area contributed by atoms with Crippen molar-refractivity contribution >= 4 is 0 Å². The van der Waals surface area contributed by atoms with E-state index in [0.717, 1.165) is 28.1 Å². The molecule has 0 spiro atoms. The van der Waals surface area contributed by atoms with E-state index in [4.69, 9.17) is 0 Å². The van der Waals surface area contributed by atoms with Crippen molar-refractivity contribution < 1.29 is 4.39 Å². The van der Waals surface area contributed by atoms with Crippen LogP contribution in [0.1, 0.15) is 16.8 Å². The average Bonchev–Trinajstić information content (AvgIpc) is 2.89. The second kappa shape index (κ2) is 5.17. The summed E-state index contributed by atoms with van der Waals surface area (Å²) in [7, 11) is 0. The Balaban J connectivity index is 2.10. The first-order chi connectivity index (χ1) is 10.0. The molecule has 106 valence electrons. The lowest BCUT2D eigenvalue weighted by atomic mass is 10.0. The van der Waals surface area contributed by atoms with Crippen molar-refractivity contribution in [1.29, 1.82) is 0 Å². The molecule has 3 heteroatoms. The van der Waals surface area contributed by atoms with Gasteiger partial charge >= 0.3 is 0 Å². The maximum Gasteiger partial charge on any atom is 0.126 e. The third-order valence-electron chi connectivity index (χ3n) is 3.68. The van der Waals surface area contributed by atoms with Crippen molar-refractivity contribution in [1.82, 2.24) is 9.78 Å². The molecular weight excluding hydrogens is 263 g/mol. The van der Waals surface area contributed by atoms with Crippen LogP contribution in [0, 0.1) is 26.6 Å². The third-order valence-corrected chi connectivity index (χ3v) is 3.68. The normalized spacial score (nSPS) is 10.9. The molecule has 21 heavy (non-hydrogen) atoms. The summed E-state index contributed by atoms with van der Waals surface area (Å²) >= 11 is 0. The number of rotatable bonds is 2. The number of hydrogen-bond donors (Lipinski definition) is 0. The number of hydrogen-bond acceptors (Lipinski definition) is 1. The minimum atomic E-state index is -0.176. The van der Waals surface area contributed by atoms with E-state index < -0.39 is 0 Å². The third kappa shape index (κ3) is 2.59. The molecule has 1 heterocycles. The fourth-order valence-electron chi connectivity index (χ4n) is 2.36. The Hall–Kier alpha value is -2.42. The summed E-state index contributed by atoms with van der Waals surface area (Å²) in [6.45, 7) is 5.78. The lowest BCUT2D eigenvalue weighted by Gasteiger charge is -2.10. The van der Waals surface area contributed by atoms with Crippen LogP contribution in [0.2, 0.25) is 0 Å². The highest BCUT2D eigenvalue weighted by molar-refractivity contribution is 5.67. The van der Waals surface area contributed by atoms with Gasteiger partial charge in [0.2, 0.25) is 0 Å². The monoisotopic (exact) mass is 280 g/mol. The van der Waals surface area contributed by atoms with Crippen LogP contribution in [-0.4, -0.2) is 9.78 Å². The van der Waals surface area contributed by atoms with Gasteiger partial charge in [0.25, 0.3) is 0 Å². The van der Waals surface area contributed by atoms with Crippen molar-refractivity contribution in [3.8, 4) is 16.8 Å². The highest BCUT2D eigenvalue weighted by Gasteiger charge is 2.07. The van der Waals surface area contributed by atoms with E-state index in [0.29, 0.717) is 5.56 Å². The van der Waals surface area contributed by atoms with Crippen LogP contribution in [0.4, 0.5) is 4.39 Å². The molecule has 0 aliphatic rings. The molecule has 0 bridgehead atoms. The van der Waals surface area contributed by atoms with Gasteiger partial charge in [-0.15, -0.1) is 0 Å². The molecule has 1 aromatic heterocycles. The molecule has 0 radical (unpaired) electrons. The Labute approximate surface area is 123 Å². The molecule has 0 aliphatic carbocycles. The van der Waals surface area contributed by atoms with Gasteiger partial charge in [-0.25, -0.2) is 9.07 Å². The van der Waals surface area contributed by atoms with Crippen LogP contribution < -0.4 is 0 Å². The van der Waals surface area contributed by atoms with E-state index in [9.17, 15) is 4.39 Å². The van der Waals surface area contributed by atoms with Crippen LogP contribution in [-0.2, 0) is 0 Å². The highest BCUT2D eigenvalue weighted by Crippen LogP contribution is 2.26. The number of aryl methyl sites for hydroxylation is 3. The van der Waals surface area contributed by atoms with Crippen LogP contribution in [0.5, 0.6) is 0 Å². The Morgan fingerprint density at radius 3 is 2.14 bits per heavy atom. The lowest BCUT2D eigenvalue weighted by Crippen LogP contribution is -1.98. The Bertz CT molecular complexity index is 803. The molecule has 0 saturated carbocycles. The molecule has 0 N–H and O–H groups in total. The van der Waals surface area contributed by atoms with Crippen molar-refractivity contribution in [2.45, 2.75) is 20.8 Å². The van der Waals surface area contributed by atoms with Gasteiger partial charge in [-0.2, -0.15) is 5.10 Å². The van der Waals surface area contributed by atoms with E-state index in [-0.39, 0.29) is 5.82 Å². The van der Waals surface area contributed by atoms with Crippen LogP contribution in [0.15, 0.2) is 48.7 Å². The second-order valence-corrected chi connectivity index (χ2v) is 5.37. The quantitative estimate of drug-likeness (QED) is 0.670. The van der Waals surface area contributed by atoms with Gasteiger partial charge in [0, 0.05) is 6.20 Å². The topological polar surface area (TPSA) is 17.8 Å². The van der Waals surface area contributed by atoms with E-state index in [1.165, 1.54) is 0 Å². The van der Waals surface area contributed by atoms with Gasteiger partial charge < -0.3 is 0 Å². The zero-order valence-corrected chi connectivity index (χ0v) is 12.4. The van der Waals surface area contributed by atoms with E-state index in [1.54, 1.807) is 13.0 Å². The summed E-state index contributed by atoms with van der Waals surface area (Å²) in [5.41, 5.74) is 5.65. The molecule has 0 saturated heterocycles. The zero-order chi connectivity index (χ0) is 15.0. The van der Waals surface area contributed by atoms with Crippen molar-refractivity contribution in [3.63, 3.8) is 0 Å². The van der Waals surface area contributed by atoms with E-state index >= 15 is 0 Å². The molecule has 3 aromatic rings. The summed E-state index contributed by atoms with van der Waals surface area (Å²) in [4.78, 5) is 0. The molecule has 0 fully saturated rings. The van der Waals surface area contributed by atoms with E-state index in [1.807, 2.05) is 61.1 Å². The number of aromatic nitrogens is 2. The van der Waals surface area contributed by atoms with Crippen molar-refractivity contribution in [2.75, 3.05) is 0 Å². The highest BCUT2D eigenvalue weighted by atomic mass is 19.1. The van der Waals surface area contributed by atoms with Crippen LogP contribution >= 0.6 is 0 Å². The number of halogens is 1. The van der Waals surface area contributed by atoms with Crippen molar-refractivity contribution in [2.24, 2.45) is 0 Å². The summed E-state index contributed by atoms with van der Waals surface area (Å²) < 4.78 is 15.6.